The van der Waals surface area contributed by atoms with E-state index < -0.39 is 0 Å². The Morgan fingerprint density at radius 1 is 1.46 bits per heavy atom. The molecule has 1 aromatic heterocycles. The number of hydrogen-bond donors (Lipinski definition) is 1. The summed E-state index contributed by atoms with van der Waals surface area (Å²) < 4.78 is 0. The van der Waals surface area contributed by atoms with Crippen LogP contribution in [-0.4, -0.2) is 11.5 Å². The zero-order valence-electron chi connectivity index (χ0n) is 8.79. The van der Waals surface area contributed by atoms with Crippen LogP contribution in [0.3, 0.4) is 0 Å². The lowest BCUT2D eigenvalue weighted by Crippen LogP contribution is -2.15. The minimum Gasteiger partial charge on any atom is -0.361 e. The van der Waals surface area contributed by atoms with Gasteiger partial charge in [-0.1, -0.05) is 20.8 Å². The highest BCUT2D eigenvalue weighted by Crippen LogP contribution is 2.18. The van der Waals surface area contributed by atoms with Crippen LogP contribution in [0.2, 0.25) is 0 Å². The van der Waals surface area contributed by atoms with Crippen molar-refractivity contribution in [1.29, 1.82) is 0 Å². The fraction of sp³-hybridized carbons (Fsp3) is 0.700. The molecule has 0 bridgehead atoms. The molecule has 1 N–H and O–H groups in total. The van der Waals surface area contributed by atoms with Gasteiger partial charge in [-0.15, -0.1) is 11.3 Å². The summed E-state index contributed by atoms with van der Waals surface area (Å²) in [7, 11) is 0. The first-order chi connectivity index (χ1) is 6.09. The number of aryl methyl sites for hydroxylation is 1. The molecule has 0 radical (unpaired) electrons. The average molecular weight is 198 g/mol. The van der Waals surface area contributed by atoms with Crippen LogP contribution in [0.5, 0.6) is 0 Å². The van der Waals surface area contributed by atoms with Crippen molar-refractivity contribution >= 4 is 16.5 Å². The maximum absolute atomic E-state index is 4.25. The molecule has 0 saturated carbocycles. The number of rotatable bonds is 4. The van der Waals surface area contributed by atoms with Crippen molar-refractivity contribution in [1.82, 2.24) is 4.98 Å². The molecule has 0 aliphatic rings. The summed E-state index contributed by atoms with van der Waals surface area (Å²) in [5, 5.41) is 4.40. The molecule has 1 rings (SSSR count). The highest BCUT2D eigenvalue weighted by atomic mass is 32.1. The van der Waals surface area contributed by atoms with Crippen molar-refractivity contribution in [2.24, 2.45) is 11.8 Å². The first-order valence-electron chi connectivity index (χ1n) is 4.76. The number of thiazole rings is 1. The Labute approximate surface area is 84.4 Å². The molecule has 1 heterocycles. The molecule has 1 aromatic rings. The van der Waals surface area contributed by atoms with Gasteiger partial charge >= 0.3 is 0 Å². The van der Waals surface area contributed by atoms with E-state index in [2.05, 4.69) is 38.0 Å². The van der Waals surface area contributed by atoms with Gasteiger partial charge in [-0.2, -0.15) is 0 Å². The zero-order chi connectivity index (χ0) is 9.84. The number of nitrogens with zero attached hydrogens (tertiary/aromatic N) is 1. The van der Waals surface area contributed by atoms with Crippen LogP contribution in [0.4, 0.5) is 5.13 Å². The van der Waals surface area contributed by atoms with Crippen LogP contribution in [0, 0.1) is 18.8 Å². The zero-order valence-corrected chi connectivity index (χ0v) is 9.61. The van der Waals surface area contributed by atoms with E-state index in [9.17, 15) is 0 Å². The summed E-state index contributed by atoms with van der Waals surface area (Å²) in [5.74, 6) is 1.43. The van der Waals surface area contributed by atoms with Crippen LogP contribution in [0.25, 0.3) is 0 Å². The molecule has 0 aliphatic heterocycles. The van der Waals surface area contributed by atoms with Crippen LogP contribution < -0.4 is 5.32 Å². The van der Waals surface area contributed by atoms with E-state index in [-0.39, 0.29) is 0 Å². The van der Waals surface area contributed by atoms with Gasteiger partial charge in [0, 0.05) is 17.6 Å². The fourth-order valence-electron chi connectivity index (χ4n) is 0.920. The molecular weight excluding hydrogens is 180 g/mol. The molecule has 0 fully saturated rings. The Bertz CT molecular complexity index is 255. The standard InChI is InChI=1S/C10H18N2S/c1-7(2)8(3)5-11-10-12-6-9(4)13-10/h6-8H,5H2,1-4H3,(H,11,12). The molecule has 74 valence electrons. The van der Waals surface area contributed by atoms with E-state index in [1.807, 2.05) is 6.20 Å². The second-order valence-corrected chi connectivity index (χ2v) is 5.11. The van der Waals surface area contributed by atoms with Crippen molar-refractivity contribution < 1.29 is 0 Å². The predicted molar refractivity (Wildman–Crippen MR) is 59.3 cm³/mol. The Morgan fingerprint density at radius 2 is 2.15 bits per heavy atom. The predicted octanol–water partition coefficient (Wildman–Crippen LogP) is 3.16. The van der Waals surface area contributed by atoms with Crippen LogP contribution in [0.1, 0.15) is 25.6 Å². The molecule has 0 saturated heterocycles. The number of aromatic nitrogens is 1. The summed E-state index contributed by atoms with van der Waals surface area (Å²) in [6.45, 7) is 9.86. The lowest BCUT2D eigenvalue weighted by atomic mass is 9.98. The average Bonchev–Trinajstić information content (AvgIpc) is 2.47. The molecule has 0 spiro atoms. The number of nitrogens with one attached hydrogen (secondary N) is 1. The Hall–Kier alpha value is -0.570. The van der Waals surface area contributed by atoms with Gasteiger partial charge < -0.3 is 5.32 Å². The monoisotopic (exact) mass is 198 g/mol. The molecule has 1 unspecified atom stereocenters. The van der Waals surface area contributed by atoms with Gasteiger partial charge in [0.05, 0.1) is 0 Å². The quantitative estimate of drug-likeness (QED) is 0.804. The molecule has 13 heavy (non-hydrogen) atoms. The second-order valence-electron chi connectivity index (χ2n) is 3.88. The second kappa shape index (κ2) is 4.61. The van der Waals surface area contributed by atoms with E-state index in [0.717, 1.165) is 17.6 Å². The smallest absolute Gasteiger partial charge is 0.182 e. The molecule has 2 nitrogen and oxygen atoms in total. The molecule has 0 aromatic carbocycles. The fourth-order valence-corrected chi connectivity index (χ4v) is 1.59. The summed E-state index contributed by atoms with van der Waals surface area (Å²) in [4.78, 5) is 5.52. The molecule has 3 heteroatoms. The SMILES string of the molecule is Cc1cnc(NCC(C)C(C)C)s1. The Kier molecular flexibility index (Phi) is 3.72. The minimum atomic E-state index is 0.698. The Morgan fingerprint density at radius 3 is 2.62 bits per heavy atom. The maximum Gasteiger partial charge on any atom is 0.182 e. The first-order valence-corrected chi connectivity index (χ1v) is 5.57. The van der Waals surface area contributed by atoms with Gasteiger partial charge in [0.15, 0.2) is 5.13 Å². The van der Waals surface area contributed by atoms with E-state index in [4.69, 9.17) is 0 Å². The van der Waals surface area contributed by atoms with Gasteiger partial charge in [-0.3, -0.25) is 0 Å². The van der Waals surface area contributed by atoms with Gasteiger partial charge in [0.25, 0.3) is 0 Å². The van der Waals surface area contributed by atoms with Crippen LogP contribution in [-0.2, 0) is 0 Å². The van der Waals surface area contributed by atoms with Crippen molar-refractivity contribution in [3.8, 4) is 0 Å². The maximum atomic E-state index is 4.25. The van der Waals surface area contributed by atoms with E-state index in [0.29, 0.717) is 5.92 Å². The lowest BCUT2D eigenvalue weighted by Gasteiger charge is -2.15. The van der Waals surface area contributed by atoms with E-state index in [1.165, 1.54) is 4.88 Å². The van der Waals surface area contributed by atoms with Crippen molar-refractivity contribution in [2.45, 2.75) is 27.7 Å². The largest absolute Gasteiger partial charge is 0.361 e. The third-order valence-electron chi connectivity index (χ3n) is 2.33. The summed E-state index contributed by atoms with van der Waals surface area (Å²) in [6, 6.07) is 0. The highest BCUT2D eigenvalue weighted by Gasteiger charge is 2.07. The third kappa shape index (κ3) is 3.35. The normalized spacial score (nSPS) is 13.3. The number of anilines is 1. The van der Waals surface area contributed by atoms with Crippen molar-refractivity contribution in [3.63, 3.8) is 0 Å². The lowest BCUT2D eigenvalue weighted by molar-refractivity contribution is 0.439. The van der Waals surface area contributed by atoms with Crippen molar-refractivity contribution in [2.75, 3.05) is 11.9 Å². The van der Waals surface area contributed by atoms with Gasteiger partial charge in [-0.05, 0) is 18.8 Å². The topological polar surface area (TPSA) is 24.9 Å². The molecule has 0 amide bonds. The van der Waals surface area contributed by atoms with E-state index >= 15 is 0 Å². The Balaban J connectivity index is 2.35. The van der Waals surface area contributed by atoms with Gasteiger partial charge in [0.1, 0.15) is 0 Å². The van der Waals surface area contributed by atoms with Crippen LogP contribution >= 0.6 is 11.3 Å². The first kappa shape index (κ1) is 10.5. The van der Waals surface area contributed by atoms with Gasteiger partial charge in [-0.25, -0.2) is 4.98 Å². The molecular formula is C10H18N2S. The summed E-state index contributed by atoms with van der Waals surface area (Å²) >= 11 is 1.72. The highest BCUT2D eigenvalue weighted by molar-refractivity contribution is 7.15. The molecule has 1 atom stereocenters. The van der Waals surface area contributed by atoms with Crippen LogP contribution in [0.15, 0.2) is 6.20 Å². The summed E-state index contributed by atoms with van der Waals surface area (Å²) in [5.41, 5.74) is 0. The number of hydrogen-bond acceptors (Lipinski definition) is 3. The molecule has 0 aliphatic carbocycles. The minimum absolute atomic E-state index is 0.698. The third-order valence-corrected chi connectivity index (χ3v) is 3.21. The van der Waals surface area contributed by atoms with Crippen molar-refractivity contribution in [3.05, 3.63) is 11.1 Å². The van der Waals surface area contributed by atoms with E-state index in [1.54, 1.807) is 11.3 Å². The summed E-state index contributed by atoms with van der Waals surface area (Å²) in [6.07, 6.45) is 1.91. The van der Waals surface area contributed by atoms with Gasteiger partial charge in [0.2, 0.25) is 0 Å².